The molecule has 5 heteroatoms. The van der Waals surface area contributed by atoms with Crippen molar-refractivity contribution in [3.63, 3.8) is 0 Å². The van der Waals surface area contributed by atoms with Gasteiger partial charge in [-0.1, -0.05) is 13.8 Å². The van der Waals surface area contributed by atoms with Crippen LogP contribution in [0.1, 0.15) is 39.5 Å². The highest BCUT2D eigenvalue weighted by molar-refractivity contribution is 5.77. The van der Waals surface area contributed by atoms with Crippen molar-refractivity contribution in [2.45, 2.75) is 39.5 Å². The van der Waals surface area contributed by atoms with Crippen LogP contribution in [-0.2, 0) is 14.5 Å². The van der Waals surface area contributed by atoms with Crippen LogP contribution in [0.5, 0.6) is 0 Å². The third kappa shape index (κ3) is 2.99. The minimum atomic E-state index is -0.956. The van der Waals surface area contributed by atoms with E-state index >= 15 is 0 Å². The molecular weight excluding hydrogens is 188 g/mol. The maximum atomic E-state index is 11.2. The lowest BCUT2D eigenvalue weighted by molar-refractivity contribution is -0.246. The fourth-order valence-electron chi connectivity index (χ4n) is 1.44. The van der Waals surface area contributed by atoms with Crippen molar-refractivity contribution < 1.29 is 24.8 Å². The van der Waals surface area contributed by atoms with Crippen molar-refractivity contribution in [1.29, 1.82) is 0 Å². The molecule has 0 aromatic carbocycles. The SMILES string of the molecule is CCC(CC)(CCC(=O)O)C(=O)OO. The molecule has 0 atom stereocenters. The first-order valence-electron chi connectivity index (χ1n) is 4.60. The molecule has 0 saturated heterocycles. The smallest absolute Gasteiger partial charge is 0.348 e. The van der Waals surface area contributed by atoms with Gasteiger partial charge in [-0.2, -0.15) is 5.26 Å². The average molecular weight is 204 g/mol. The Labute approximate surface area is 82.6 Å². The third-order valence-electron chi connectivity index (χ3n) is 2.69. The molecule has 0 fully saturated rings. The molecule has 0 amide bonds. The number of rotatable bonds is 6. The maximum Gasteiger partial charge on any atom is 0.348 e. The van der Waals surface area contributed by atoms with Crippen molar-refractivity contribution in [3.8, 4) is 0 Å². The van der Waals surface area contributed by atoms with Gasteiger partial charge in [-0.25, -0.2) is 4.79 Å². The number of hydrogen-bond acceptors (Lipinski definition) is 4. The van der Waals surface area contributed by atoms with Crippen molar-refractivity contribution in [2.24, 2.45) is 5.41 Å². The lowest BCUT2D eigenvalue weighted by atomic mass is 9.78. The second-order valence-corrected chi connectivity index (χ2v) is 3.26. The second kappa shape index (κ2) is 5.59. The van der Waals surface area contributed by atoms with Crippen LogP contribution in [-0.4, -0.2) is 22.3 Å². The van der Waals surface area contributed by atoms with Gasteiger partial charge in [-0.15, -0.1) is 0 Å². The van der Waals surface area contributed by atoms with Crippen LogP contribution < -0.4 is 0 Å². The lowest BCUT2D eigenvalue weighted by Gasteiger charge is -2.26. The van der Waals surface area contributed by atoms with Gasteiger partial charge in [-0.05, 0) is 19.3 Å². The molecular formula is C9H16O5. The van der Waals surface area contributed by atoms with E-state index in [4.69, 9.17) is 10.4 Å². The zero-order chi connectivity index (χ0) is 11.2. The molecule has 0 aliphatic carbocycles. The van der Waals surface area contributed by atoms with E-state index < -0.39 is 17.4 Å². The summed E-state index contributed by atoms with van der Waals surface area (Å²) in [5.74, 6) is -1.70. The summed E-state index contributed by atoms with van der Waals surface area (Å²) in [5.41, 5.74) is -0.868. The molecule has 2 N–H and O–H groups in total. The Morgan fingerprint density at radius 3 is 2.07 bits per heavy atom. The van der Waals surface area contributed by atoms with Crippen LogP contribution in [0.4, 0.5) is 0 Å². The van der Waals surface area contributed by atoms with Crippen LogP contribution in [0.25, 0.3) is 0 Å². The normalized spacial score (nSPS) is 11.1. The van der Waals surface area contributed by atoms with Crippen LogP contribution in [0.15, 0.2) is 0 Å². The predicted molar refractivity (Wildman–Crippen MR) is 48.6 cm³/mol. The topological polar surface area (TPSA) is 83.8 Å². The highest BCUT2D eigenvalue weighted by atomic mass is 17.1. The minimum absolute atomic E-state index is 0.100. The zero-order valence-corrected chi connectivity index (χ0v) is 8.45. The Morgan fingerprint density at radius 1 is 1.29 bits per heavy atom. The van der Waals surface area contributed by atoms with E-state index in [-0.39, 0.29) is 12.8 Å². The summed E-state index contributed by atoms with van der Waals surface area (Å²) >= 11 is 0. The molecule has 0 rings (SSSR count). The van der Waals surface area contributed by atoms with Gasteiger partial charge in [-0.3, -0.25) is 4.79 Å². The molecule has 0 saturated carbocycles. The van der Waals surface area contributed by atoms with Gasteiger partial charge in [0.25, 0.3) is 0 Å². The van der Waals surface area contributed by atoms with Gasteiger partial charge in [0.1, 0.15) is 0 Å². The molecule has 0 radical (unpaired) electrons. The van der Waals surface area contributed by atoms with Gasteiger partial charge in [0.05, 0.1) is 5.41 Å². The lowest BCUT2D eigenvalue weighted by Crippen LogP contribution is -2.31. The number of carbonyl (C=O) groups is 2. The summed E-state index contributed by atoms with van der Waals surface area (Å²) in [5, 5.41) is 16.8. The van der Waals surface area contributed by atoms with E-state index in [9.17, 15) is 9.59 Å². The van der Waals surface area contributed by atoms with E-state index in [0.29, 0.717) is 12.8 Å². The summed E-state index contributed by atoms with van der Waals surface area (Å²) in [6.07, 6.45) is 0.998. The summed E-state index contributed by atoms with van der Waals surface area (Å²) in [7, 11) is 0. The zero-order valence-electron chi connectivity index (χ0n) is 8.45. The molecule has 5 nitrogen and oxygen atoms in total. The fraction of sp³-hybridized carbons (Fsp3) is 0.778. The molecule has 14 heavy (non-hydrogen) atoms. The molecule has 0 unspecified atom stereocenters. The van der Waals surface area contributed by atoms with E-state index in [2.05, 4.69) is 4.89 Å². The first-order valence-corrected chi connectivity index (χ1v) is 4.60. The molecule has 0 aliphatic heterocycles. The van der Waals surface area contributed by atoms with E-state index in [0.717, 1.165) is 0 Å². The van der Waals surface area contributed by atoms with Crippen LogP contribution in [0.3, 0.4) is 0 Å². The quantitative estimate of drug-likeness (QED) is 0.508. The van der Waals surface area contributed by atoms with E-state index in [1.54, 1.807) is 13.8 Å². The molecule has 0 spiro atoms. The highest BCUT2D eigenvalue weighted by Gasteiger charge is 2.37. The van der Waals surface area contributed by atoms with E-state index in [1.165, 1.54) is 0 Å². The minimum Gasteiger partial charge on any atom is -0.481 e. The standard InChI is InChI=1S/C9H16O5/c1-3-9(4-2,8(12)14-13)6-5-7(10)11/h13H,3-6H2,1-2H3,(H,10,11). The Hall–Kier alpha value is -1.10. The Kier molecular flexibility index (Phi) is 5.15. The molecule has 82 valence electrons. The van der Waals surface area contributed by atoms with Crippen molar-refractivity contribution >= 4 is 11.9 Å². The first-order chi connectivity index (χ1) is 6.52. The largest absolute Gasteiger partial charge is 0.481 e. The Bertz CT molecular complexity index is 207. The van der Waals surface area contributed by atoms with Gasteiger partial charge in [0.2, 0.25) is 0 Å². The molecule has 0 bridgehead atoms. The van der Waals surface area contributed by atoms with Crippen LogP contribution in [0.2, 0.25) is 0 Å². The molecule has 0 heterocycles. The van der Waals surface area contributed by atoms with Gasteiger partial charge in [0.15, 0.2) is 0 Å². The summed E-state index contributed by atoms with van der Waals surface area (Å²) < 4.78 is 0. The van der Waals surface area contributed by atoms with Crippen molar-refractivity contribution in [1.82, 2.24) is 0 Å². The maximum absolute atomic E-state index is 11.2. The first kappa shape index (κ1) is 12.9. The fourth-order valence-corrected chi connectivity index (χ4v) is 1.44. The number of carboxylic acid groups (broad SMARTS) is 1. The van der Waals surface area contributed by atoms with Crippen LogP contribution in [0, 0.1) is 5.41 Å². The molecule has 0 aromatic heterocycles. The summed E-state index contributed by atoms with van der Waals surface area (Å²) in [6.45, 7) is 3.53. The Balaban J connectivity index is 4.52. The molecule has 0 aliphatic rings. The molecule has 0 aromatic rings. The van der Waals surface area contributed by atoms with Crippen molar-refractivity contribution in [2.75, 3.05) is 0 Å². The highest BCUT2D eigenvalue weighted by Crippen LogP contribution is 2.33. The number of carbonyl (C=O) groups excluding carboxylic acids is 1. The monoisotopic (exact) mass is 204 g/mol. The summed E-state index contributed by atoms with van der Waals surface area (Å²) in [6, 6.07) is 0. The Morgan fingerprint density at radius 2 is 1.79 bits per heavy atom. The van der Waals surface area contributed by atoms with Gasteiger partial charge in [0, 0.05) is 6.42 Å². The summed E-state index contributed by atoms with van der Waals surface area (Å²) in [4.78, 5) is 25.3. The third-order valence-corrected chi connectivity index (χ3v) is 2.69. The number of hydrogen-bond donors (Lipinski definition) is 2. The average Bonchev–Trinajstić information content (AvgIpc) is 2.19. The second-order valence-electron chi connectivity index (χ2n) is 3.26. The van der Waals surface area contributed by atoms with Crippen LogP contribution >= 0.6 is 0 Å². The van der Waals surface area contributed by atoms with Crippen molar-refractivity contribution in [3.05, 3.63) is 0 Å². The number of aliphatic carboxylic acids is 1. The van der Waals surface area contributed by atoms with Gasteiger partial charge < -0.3 is 9.99 Å². The van der Waals surface area contributed by atoms with E-state index in [1.807, 2.05) is 0 Å². The van der Waals surface area contributed by atoms with Gasteiger partial charge >= 0.3 is 11.9 Å². The predicted octanol–water partition coefficient (Wildman–Crippen LogP) is 1.67. The number of carboxylic acids is 1.